The minimum Gasteiger partial charge on any atom is -0.481 e. The van der Waals surface area contributed by atoms with Crippen LogP contribution in [0.4, 0.5) is 0 Å². The highest BCUT2D eigenvalue weighted by atomic mass is 16.6. The summed E-state index contributed by atoms with van der Waals surface area (Å²) in [5, 5.41) is 2.25. The number of fused-ring (bicyclic) bond motifs is 1. The van der Waals surface area contributed by atoms with E-state index in [0.717, 1.165) is 0 Å². The first-order chi connectivity index (χ1) is 13.7. The van der Waals surface area contributed by atoms with E-state index in [0.29, 0.717) is 5.56 Å². The van der Waals surface area contributed by atoms with Gasteiger partial charge in [-0.15, -0.1) is 0 Å². The Kier molecular flexibility index (Phi) is 5.88. The normalized spacial score (nSPS) is 19.9. The van der Waals surface area contributed by atoms with Crippen molar-refractivity contribution in [3.05, 3.63) is 29.3 Å². The number of piperidine rings is 1. The lowest BCUT2D eigenvalue weighted by atomic mass is 10.0. The monoisotopic (exact) mass is 404 g/mol. The van der Waals surface area contributed by atoms with Crippen LogP contribution >= 0.6 is 0 Å². The molecule has 0 bridgehead atoms. The molecule has 9 heteroatoms. The van der Waals surface area contributed by atoms with Gasteiger partial charge >= 0.3 is 5.97 Å². The minimum atomic E-state index is -0.815. The van der Waals surface area contributed by atoms with E-state index in [2.05, 4.69) is 5.32 Å². The van der Waals surface area contributed by atoms with E-state index in [1.165, 1.54) is 4.90 Å². The van der Waals surface area contributed by atoms with Gasteiger partial charge in [0.25, 0.3) is 5.91 Å². The van der Waals surface area contributed by atoms with Gasteiger partial charge < -0.3 is 19.1 Å². The zero-order chi connectivity index (χ0) is 21.2. The van der Waals surface area contributed by atoms with Crippen LogP contribution in [0.25, 0.3) is 0 Å². The van der Waals surface area contributed by atoms with Crippen molar-refractivity contribution in [2.24, 2.45) is 0 Å². The van der Waals surface area contributed by atoms with E-state index in [1.807, 2.05) is 0 Å². The predicted molar refractivity (Wildman–Crippen MR) is 99.8 cm³/mol. The molecule has 1 fully saturated rings. The molecule has 2 aliphatic rings. The average Bonchev–Trinajstić information content (AvgIpc) is 2.78. The standard InChI is InChI=1S/C20H24N2O7/c1-20(2,3)29-16(24)10-28-14-6-4-5-12-9-27-11-22(19(26)17(12)14)13-7-8-15(23)21-18(13)25/h4-6,13H,7-11H2,1-3H3,(H,21,23,25). The molecule has 3 rings (SSSR count). The zero-order valence-electron chi connectivity index (χ0n) is 16.6. The van der Waals surface area contributed by atoms with Crippen LogP contribution in [-0.2, 0) is 30.5 Å². The van der Waals surface area contributed by atoms with Crippen LogP contribution in [0.15, 0.2) is 18.2 Å². The molecule has 156 valence electrons. The lowest BCUT2D eigenvalue weighted by molar-refractivity contribution is -0.157. The Bertz CT molecular complexity index is 844. The molecular formula is C20H24N2O7. The summed E-state index contributed by atoms with van der Waals surface area (Å²) in [7, 11) is 0. The predicted octanol–water partition coefficient (Wildman–Crippen LogP) is 1.14. The highest BCUT2D eigenvalue weighted by Crippen LogP contribution is 2.29. The average molecular weight is 404 g/mol. The smallest absolute Gasteiger partial charge is 0.344 e. The molecule has 1 atom stereocenters. The van der Waals surface area contributed by atoms with Gasteiger partial charge in [0.15, 0.2) is 6.61 Å². The molecule has 0 saturated carbocycles. The minimum absolute atomic E-state index is 0.0920. The fourth-order valence-corrected chi connectivity index (χ4v) is 3.23. The van der Waals surface area contributed by atoms with E-state index in [-0.39, 0.29) is 50.0 Å². The molecule has 1 unspecified atom stereocenters. The van der Waals surface area contributed by atoms with Crippen LogP contribution in [-0.4, -0.2) is 53.6 Å². The number of nitrogens with one attached hydrogen (secondary N) is 1. The first-order valence-corrected chi connectivity index (χ1v) is 9.34. The Morgan fingerprint density at radius 3 is 2.72 bits per heavy atom. The van der Waals surface area contributed by atoms with Crippen LogP contribution in [0.3, 0.4) is 0 Å². The molecule has 3 amide bonds. The van der Waals surface area contributed by atoms with Gasteiger partial charge in [-0.25, -0.2) is 4.79 Å². The molecular weight excluding hydrogens is 380 g/mol. The molecule has 1 saturated heterocycles. The number of carbonyl (C=O) groups is 4. The summed E-state index contributed by atoms with van der Waals surface area (Å²) >= 11 is 0. The Morgan fingerprint density at radius 1 is 1.28 bits per heavy atom. The summed E-state index contributed by atoms with van der Waals surface area (Å²) < 4.78 is 16.4. The number of hydrogen-bond donors (Lipinski definition) is 1. The Morgan fingerprint density at radius 2 is 2.03 bits per heavy atom. The number of hydrogen-bond acceptors (Lipinski definition) is 7. The molecule has 1 N–H and O–H groups in total. The summed E-state index contributed by atoms with van der Waals surface area (Å²) in [6.07, 6.45) is 0.361. The topological polar surface area (TPSA) is 111 Å². The van der Waals surface area contributed by atoms with Crippen molar-refractivity contribution in [3.63, 3.8) is 0 Å². The van der Waals surface area contributed by atoms with Crippen molar-refractivity contribution in [3.8, 4) is 5.75 Å². The van der Waals surface area contributed by atoms with Gasteiger partial charge in [-0.3, -0.25) is 19.7 Å². The van der Waals surface area contributed by atoms with Gasteiger partial charge in [0.2, 0.25) is 11.8 Å². The molecule has 1 aromatic carbocycles. The van der Waals surface area contributed by atoms with Gasteiger partial charge in [-0.05, 0) is 38.8 Å². The fourth-order valence-electron chi connectivity index (χ4n) is 3.23. The van der Waals surface area contributed by atoms with E-state index >= 15 is 0 Å². The fraction of sp³-hybridized carbons (Fsp3) is 0.500. The second kappa shape index (κ2) is 8.20. The number of imide groups is 1. The van der Waals surface area contributed by atoms with Crippen LogP contribution < -0.4 is 10.1 Å². The SMILES string of the molecule is CC(C)(C)OC(=O)COc1cccc2c1C(=O)N(C1CCC(=O)NC1=O)COC2. The third-order valence-corrected chi connectivity index (χ3v) is 4.43. The molecule has 29 heavy (non-hydrogen) atoms. The number of ether oxygens (including phenoxy) is 3. The third kappa shape index (κ3) is 4.92. The molecule has 1 aromatic rings. The molecule has 2 heterocycles. The third-order valence-electron chi connectivity index (χ3n) is 4.43. The number of rotatable bonds is 4. The molecule has 0 radical (unpaired) electrons. The van der Waals surface area contributed by atoms with E-state index in [9.17, 15) is 19.2 Å². The molecule has 9 nitrogen and oxygen atoms in total. The summed E-state index contributed by atoms with van der Waals surface area (Å²) in [5.74, 6) is -1.70. The second-order valence-electron chi connectivity index (χ2n) is 7.88. The van der Waals surface area contributed by atoms with Gasteiger partial charge in [0.05, 0.1) is 12.2 Å². The summed E-state index contributed by atoms with van der Waals surface area (Å²) in [6.45, 7) is 4.94. The van der Waals surface area contributed by atoms with Crippen molar-refractivity contribution in [2.45, 2.75) is 51.9 Å². The number of carbonyl (C=O) groups excluding carboxylic acids is 4. The number of nitrogens with zero attached hydrogens (tertiary/aromatic N) is 1. The van der Waals surface area contributed by atoms with Gasteiger partial charge in [0.1, 0.15) is 24.1 Å². The van der Waals surface area contributed by atoms with E-state index in [1.54, 1.807) is 39.0 Å². The maximum Gasteiger partial charge on any atom is 0.344 e. The highest BCUT2D eigenvalue weighted by molar-refractivity contribution is 6.05. The van der Waals surface area contributed by atoms with Crippen molar-refractivity contribution < 1.29 is 33.4 Å². The van der Waals surface area contributed by atoms with Crippen LogP contribution in [0.2, 0.25) is 0 Å². The van der Waals surface area contributed by atoms with E-state index < -0.39 is 29.4 Å². The maximum absolute atomic E-state index is 13.2. The molecule has 0 aromatic heterocycles. The zero-order valence-corrected chi connectivity index (χ0v) is 16.6. The van der Waals surface area contributed by atoms with Crippen molar-refractivity contribution in [1.29, 1.82) is 0 Å². The second-order valence-corrected chi connectivity index (χ2v) is 7.88. The first kappa shape index (κ1) is 20.8. The largest absolute Gasteiger partial charge is 0.481 e. The number of esters is 1. The van der Waals surface area contributed by atoms with Gasteiger partial charge in [0, 0.05) is 6.42 Å². The molecule has 0 aliphatic carbocycles. The number of benzene rings is 1. The lowest BCUT2D eigenvalue weighted by Crippen LogP contribution is -2.54. The number of amides is 3. The van der Waals surface area contributed by atoms with E-state index in [4.69, 9.17) is 14.2 Å². The lowest BCUT2D eigenvalue weighted by Gasteiger charge is -2.31. The van der Waals surface area contributed by atoms with Crippen molar-refractivity contribution in [2.75, 3.05) is 13.3 Å². The quantitative estimate of drug-likeness (QED) is 0.592. The van der Waals surface area contributed by atoms with Gasteiger partial charge in [-0.1, -0.05) is 12.1 Å². The summed E-state index contributed by atoms with van der Waals surface area (Å²) in [6, 6.07) is 4.18. The Balaban J connectivity index is 1.82. The molecule has 2 aliphatic heterocycles. The van der Waals surface area contributed by atoms with Crippen molar-refractivity contribution in [1.82, 2.24) is 10.2 Å². The maximum atomic E-state index is 13.2. The summed E-state index contributed by atoms with van der Waals surface area (Å²) in [5.41, 5.74) is 0.171. The van der Waals surface area contributed by atoms with Crippen molar-refractivity contribution >= 4 is 23.7 Å². The molecule has 0 spiro atoms. The van der Waals surface area contributed by atoms with Gasteiger partial charge in [-0.2, -0.15) is 0 Å². The van der Waals surface area contributed by atoms with Crippen LogP contribution in [0.5, 0.6) is 5.75 Å². The van der Waals surface area contributed by atoms with Crippen LogP contribution in [0, 0.1) is 0 Å². The Hall–Kier alpha value is -2.94. The Labute approximate surface area is 168 Å². The summed E-state index contributed by atoms with van der Waals surface area (Å²) in [4.78, 5) is 50.2. The first-order valence-electron chi connectivity index (χ1n) is 9.34. The van der Waals surface area contributed by atoms with Crippen LogP contribution in [0.1, 0.15) is 49.5 Å². The highest BCUT2D eigenvalue weighted by Gasteiger charge is 2.38.